The van der Waals surface area contributed by atoms with Crippen LogP contribution >= 0.6 is 23.4 Å². The lowest BCUT2D eigenvalue weighted by atomic mass is 10.1. The van der Waals surface area contributed by atoms with E-state index in [1.54, 1.807) is 48.2 Å². The van der Waals surface area contributed by atoms with Gasteiger partial charge in [0.2, 0.25) is 5.91 Å². The highest BCUT2D eigenvalue weighted by molar-refractivity contribution is 7.98. The van der Waals surface area contributed by atoms with E-state index in [9.17, 15) is 9.90 Å². The van der Waals surface area contributed by atoms with Gasteiger partial charge in [-0.3, -0.25) is 4.79 Å². The third kappa shape index (κ3) is 4.79. The van der Waals surface area contributed by atoms with Crippen molar-refractivity contribution in [1.82, 2.24) is 5.43 Å². The molecule has 4 nitrogen and oxygen atoms in total. The van der Waals surface area contributed by atoms with Crippen LogP contribution in [-0.2, 0) is 11.2 Å². The number of hydrazone groups is 1. The first-order valence-corrected chi connectivity index (χ1v) is 8.12. The van der Waals surface area contributed by atoms with Crippen LogP contribution in [0.5, 0.6) is 5.75 Å². The topological polar surface area (TPSA) is 61.7 Å². The maximum atomic E-state index is 11.9. The Balaban J connectivity index is 1.96. The Bertz CT molecular complexity index is 687. The van der Waals surface area contributed by atoms with Crippen LogP contribution in [0.25, 0.3) is 0 Å². The molecule has 2 rings (SSSR count). The van der Waals surface area contributed by atoms with Crippen molar-refractivity contribution in [3.05, 3.63) is 58.6 Å². The average Bonchev–Trinajstić information content (AvgIpc) is 2.49. The molecule has 0 saturated heterocycles. The number of carbonyl (C=O) groups is 1. The lowest BCUT2D eigenvalue weighted by Gasteiger charge is -2.06. The number of phenolic OH excluding ortho intramolecular Hbond substituents is 1. The number of aromatic hydroxyl groups is 1. The van der Waals surface area contributed by atoms with Gasteiger partial charge in [0.1, 0.15) is 5.75 Å². The predicted octanol–water partition coefficient (Wildman–Crippen LogP) is 3.46. The predicted molar refractivity (Wildman–Crippen MR) is 90.8 cm³/mol. The lowest BCUT2D eigenvalue weighted by molar-refractivity contribution is -0.120. The zero-order chi connectivity index (χ0) is 15.9. The van der Waals surface area contributed by atoms with Crippen LogP contribution in [0.2, 0.25) is 5.02 Å². The van der Waals surface area contributed by atoms with Gasteiger partial charge in [0.25, 0.3) is 0 Å². The van der Waals surface area contributed by atoms with Crippen LogP contribution in [0.3, 0.4) is 0 Å². The molecular weight excluding hydrogens is 320 g/mol. The van der Waals surface area contributed by atoms with Crippen molar-refractivity contribution in [1.29, 1.82) is 0 Å². The van der Waals surface area contributed by atoms with Gasteiger partial charge < -0.3 is 5.11 Å². The van der Waals surface area contributed by atoms with E-state index in [0.29, 0.717) is 5.02 Å². The first-order chi connectivity index (χ1) is 10.6. The first kappa shape index (κ1) is 16.4. The van der Waals surface area contributed by atoms with E-state index in [4.69, 9.17) is 11.6 Å². The molecule has 0 saturated carbocycles. The van der Waals surface area contributed by atoms with Gasteiger partial charge in [-0.25, -0.2) is 5.43 Å². The summed E-state index contributed by atoms with van der Waals surface area (Å²) in [6, 6.07) is 12.0. The largest absolute Gasteiger partial charge is 0.508 e. The van der Waals surface area contributed by atoms with Gasteiger partial charge in [0.05, 0.1) is 12.6 Å². The summed E-state index contributed by atoms with van der Waals surface area (Å²) < 4.78 is 0. The Morgan fingerprint density at radius 2 is 2.05 bits per heavy atom. The van der Waals surface area contributed by atoms with Gasteiger partial charge in [-0.15, -0.1) is 11.8 Å². The standard InChI is InChI=1S/C16H15ClN2O2S/c1-22-15-7-4-13(17)8-12(15)9-16(21)19-18-10-11-2-5-14(20)6-3-11/h2-8,10,20H,9H2,1H3,(H,19,21)/b18-10-. The van der Waals surface area contributed by atoms with Gasteiger partial charge in [0, 0.05) is 9.92 Å². The number of hydrogen-bond acceptors (Lipinski definition) is 4. The van der Waals surface area contributed by atoms with Gasteiger partial charge in [-0.1, -0.05) is 11.6 Å². The maximum absolute atomic E-state index is 11.9. The molecule has 6 heteroatoms. The number of nitrogens with zero attached hydrogens (tertiary/aromatic N) is 1. The summed E-state index contributed by atoms with van der Waals surface area (Å²) in [7, 11) is 0. The minimum Gasteiger partial charge on any atom is -0.508 e. The molecule has 2 aromatic rings. The summed E-state index contributed by atoms with van der Waals surface area (Å²) in [5.74, 6) is -0.0284. The highest BCUT2D eigenvalue weighted by Gasteiger charge is 2.08. The molecule has 0 atom stereocenters. The number of hydrogen-bond donors (Lipinski definition) is 2. The zero-order valence-corrected chi connectivity index (χ0v) is 13.5. The first-order valence-electron chi connectivity index (χ1n) is 6.52. The molecule has 0 fully saturated rings. The van der Waals surface area contributed by atoms with E-state index < -0.39 is 0 Å². The van der Waals surface area contributed by atoms with Crippen molar-refractivity contribution in [3.8, 4) is 5.75 Å². The summed E-state index contributed by atoms with van der Waals surface area (Å²) in [6.45, 7) is 0. The van der Waals surface area contributed by atoms with Crippen LogP contribution < -0.4 is 5.43 Å². The number of thioether (sulfide) groups is 1. The number of carbonyl (C=O) groups excluding carboxylic acids is 1. The van der Waals surface area contributed by atoms with Crippen molar-refractivity contribution < 1.29 is 9.90 Å². The molecule has 22 heavy (non-hydrogen) atoms. The quantitative estimate of drug-likeness (QED) is 0.500. The van der Waals surface area contributed by atoms with Crippen molar-refractivity contribution >= 4 is 35.5 Å². The highest BCUT2D eigenvalue weighted by atomic mass is 35.5. The lowest BCUT2D eigenvalue weighted by Crippen LogP contribution is -2.20. The van der Waals surface area contributed by atoms with E-state index in [2.05, 4.69) is 10.5 Å². The molecule has 0 aliphatic carbocycles. The zero-order valence-electron chi connectivity index (χ0n) is 11.9. The Labute approximate surface area is 138 Å². The summed E-state index contributed by atoms with van der Waals surface area (Å²) in [4.78, 5) is 12.9. The van der Waals surface area contributed by atoms with Gasteiger partial charge in [-0.05, 0) is 59.8 Å². The molecule has 0 heterocycles. The fraction of sp³-hybridized carbons (Fsp3) is 0.125. The molecule has 2 aromatic carbocycles. The number of phenols is 1. The molecule has 1 amide bonds. The normalized spacial score (nSPS) is 10.8. The third-order valence-electron chi connectivity index (χ3n) is 2.89. The van der Waals surface area contributed by atoms with Gasteiger partial charge in [0.15, 0.2) is 0 Å². The minimum absolute atomic E-state index is 0.187. The number of amides is 1. The summed E-state index contributed by atoms with van der Waals surface area (Å²) in [6.07, 6.45) is 3.68. The third-order valence-corrected chi connectivity index (χ3v) is 3.96. The van der Waals surface area contributed by atoms with Crippen molar-refractivity contribution in [3.63, 3.8) is 0 Å². The van der Waals surface area contributed by atoms with Crippen molar-refractivity contribution in [2.24, 2.45) is 5.10 Å². The molecule has 0 unspecified atom stereocenters. The number of nitrogens with one attached hydrogen (secondary N) is 1. The number of halogens is 1. The Hall–Kier alpha value is -1.98. The second kappa shape index (κ2) is 7.87. The SMILES string of the molecule is CSc1ccc(Cl)cc1CC(=O)N/N=C\c1ccc(O)cc1. The van der Waals surface area contributed by atoms with Gasteiger partial charge in [-0.2, -0.15) is 5.10 Å². The number of benzene rings is 2. The summed E-state index contributed by atoms with van der Waals surface area (Å²) >= 11 is 7.53. The van der Waals surface area contributed by atoms with E-state index in [1.165, 1.54) is 6.21 Å². The van der Waals surface area contributed by atoms with E-state index in [1.807, 2.05) is 12.3 Å². The molecule has 0 radical (unpaired) electrons. The highest BCUT2D eigenvalue weighted by Crippen LogP contribution is 2.24. The van der Waals surface area contributed by atoms with Crippen molar-refractivity contribution in [2.75, 3.05) is 6.26 Å². The second-order valence-corrected chi connectivity index (χ2v) is 5.80. The van der Waals surface area contributed by atoms with Crippen molar-refractivity contribution in [2.45, 2.75) is 11.3 Å². The van der Waals surface area contributed by atoms with Crippen LogP contribution in [0.1, 0.15) is 11.1 Å². The van der Waals surface area contributed by atoms with E-state index in [-0.39, 0.29) is 18.1 Å². The summed E-state index contributed by atoms with van der Waals surface area (Å²) in [5, 5.41) is 13.7. The molecule has 0 aliphatic rings. The molecule has 0 aliphatic heterocycles. The summed E-state index contributed by atoms with van der Waals surface area (Å²) in [5.41, 5.74) is 4.14. The van der Waals surface area contributed by atoms with Crippen LogP contribution in [0, 0.1) is 0 Å². The minimum atomic E-state index is -0.215. The van der Waals surface area contributed by atoms with E-state index in [0.717, 1.165) is 16.0 Å². The maximum Gasteiger partial charge on any atom is 0.244 e. The van der Waals surface area contributed by atoms with Crippen LogP contribution in [0.15, 0.2) is 52.5 Å². The fourth-order valence-corrected chi connectivity index (χ4v) is 2.63. The average molecular weight is 335 g/mol. The second-order valence-electron chi connectivity index (χ2n) is 4.52. The molecule has 2 N–H and O–H groups in total. The number of rotatable bonds is 5. The molecule has 0 spiro atoms. The Morgan fingerprint density at radius 1 is 1.32 bits per heavy atom. The van der Waals surface area contributed by atoms with E-state index >= 15 is 0 Å². The smallest absolute Gasteiger partial charge is 0.244 e. The Morgan fingerprint density at radius 3 is 2.73 bits per heavy atom. The fourth-order valence-electron chi connectivity index (χ4n) is 1.84. The van der Waals surface area contributed by atoms with Crippen LogP contribution in [0.4, 0.5) is 0 Å². The molecule has 114 valence electrons. The molecule has 0 bridgehead atoms. The monoisotopic (exact) mass is 334 g/mol. The Kier molecular flexibility index (Phi) is 5.86. The molecular formula is C16H15ClN2O2S. The molecule has 0 aromatic heterocycles. The van der Waals surface area contributed by atoms with Crippen LogP contribution in [-0.4, -0.2) is 23.5 Å². The van der Waals surface area contributed by atoms with Gasteiger partial charge >= 0.3 is 0 Å².